The zero-order chi connectivity index (χ0) is 27.5. The highest BCUT2D eigenvalue weighted by molar-refractivity contribution is 6.18. The molecule has 8 heteroatoms. The van der Waals surface area contributed by atoms with Crippen molar-refractivity contribution in [2.75, 3.05) is 62.0 Å². The van der Waals surface area contributed by atoms with Gasteiger partial charge in [0.2, 0.25) is 0 Å². The molecule has 0 saturated carbocycles. The van der Waals surface area contributed by atoms with Gasteiger partial charge in [0.05, 0.1) is 22.1 Å². The molecule has 0 aliphatic carbocycles. The van der Waals surface area contributed by atoms with Crippen molar-refractivity contribution < 1.29 is 0 Å². The zero-order valence-corrected chi connectivity index (χ0v) is 24.2. The molecule has 0 unspecified atom stereocenters. The van der Waals surface area contributed by atoms with Gasteiger partial charge < -0.3 is 24.7 Å². The van der Waals surface area contributed by atoms with Crippen LogP contribution in [-0.2, 0) is 12.8 Å². The van der Waals surface area contributed by atoms with Crippen molar-refractivity contribution in [1.29, 1.82) is 0 Å². The van der Waals surface area contributed by atoms with E-state index in [9.17, 15) is 0 Å². The number of hydrogen-bond donors (Lipinski definition) is 2. The first-order valence-corrected chi connectivity index (χ1v) is 14.9. The van der Waals surface area contributed by atoms with E-state index in [1.54, 1.807) is 0 Å². The number of halogens is 1. The number of alkyl halides is 1. The van der Waals surface area contributed by atoms with E-state index in [1.165, 1.54) is 16.9 Å². The summed E-state index contributed by atoms with van der Waals surface area (Å²) in [7, 11) is 2.19. The number of H-pyrrole nitrogens is 2. The lowest BCUT2D eigenvalue weighted by molar-refractivity contribution is 0.313. The standard InChI is InChI=1S/C32H38ClN7/c1-3-39(15-14-33)25-8-4-6-23(20-25)7-5-9-31-34-27-12-10-24(21-29(27)35-31)32-36-28-13-11-26(22-30(28)37-32)40-18-16-38(2)17-19-40/h4,6,8,10-13,20-22H,3,5,7,9,14-19H2,1-2H3,(H,34,35)(H,36,37). The summed E-state index contributed by atoms with van der Waals surface area (Å²) in [6.07, 6.45) is 2.97. The monoisotopic (exact) mass is 555 g/mol. The summed E-state index contributed by atoms with van der Waals surface area (Å²) in [5.41, 5.74) is 9.03. The average Bonchev–Trinajstić information content (AvgIpc) is 3.59. The summed E-state index contributed by atoms with van der Waals surface area (Å²) < 4.78 is 0. The molecule has 1 aliphatic rings. The second-order valence-corrected chi connectivity index (χ2v) is 11.2. The van der Waals surface area contributed by atoms with Crippen molar-refractivity contribution in [3.8, 4) is 11.4 Å². The van der Waals surface area contributed by atoms with Crippen LogP contribution in [0.2, 0.25) is 0 Å². The van der Waals surface area contributed by atoms with Gasteiger partial charge in [0.25, 0.3) is 0 Å². The fraction of sp³-hybridized carbons (Fsp3) is 0.375. The Bertz CT molecular complexity index is 1580. The molecular weight excluding hydrogens is 518 g/mol. The summed E-state index contributed by atoms with van der Waals surface area (Å²) in [5.74, 6) is 2.56. The number of nitrogens with one attached hydrogen (secondary N) is 2. The van der Waals surface area contributed by atoms with Gasteiger partial charge in [-0.1, -0.05) is 12.1 Å². The third-order valence-electron chi connectivity index (χ3n) is 8.03. The zero-order valence-electron chi connectivity index (χ0n) is 23.5. The fourth-order valence-electron chi connectivity index (χ4n) is 5.66. The maximum atomic E-state index is 5.99. The van der Waals surface area contributed by atoms with Crippen LogP contribution in [0.25, 0.3) is 33.5 Å². The second kappa shape index (κ2) is 11.9. The molecule has 3 aromatic carbocycles. The highest BCUT2D eigenvalue weighted by atomic mass is 35.5. The van der Waals surface area contributed by atoms with Crippen LogP contribution in [0.15, 0.2) is 60.7 Å². The van der Waals surface area contributed by atoms with Gasteiger partial charge in [-0.3, -0.25) is 0 Å². The first kappa shape index (κ1) is 26.7. The summed E-state index contributed by atoms with van der Waals surface area (Å²) in [6, 6.07) is 21.7. The third-order valence-corrected chi connectivity index (χ3v) is 8.20. The SMILES string of the molecule is CCN(CCCl)c1cccc(CCCc2nc3ccc(-c4nc5ccc(N6CCN(C)CC6)cc5[nH]4)cc3[nH]2)c1. The minimum absolute atomic E-state index is 0.639. The van der Waals surface area contributed by atoms with Gasteiger partial charge in [-0.05, 0) is 80.9 Å². The molecule has 0 radical (unpaired) electrons. The van der Waals surface area contributed by atoms with Gasteiger partial charge in [0, 0.05) is 68.5 Å². The van der Waals surface area contributed by atoms with Crippen molar-refractivity contribution in [2.24, 2.45) is 0 Å². The maximum Gasteiger partial charge on any atom is 0.138 e. The number of imidazole rings is 2. The lowest BCUT2D eigenvalue weighted by Gasteiger charge is -2.34. The lowest BCUT2D eigenvalue weighted by atomic mass is 10.1. The van der Waals surface area contributed by atoms with Crippen molar-refractivity contribution in [3.05, 3.63) is 72.1 Å². The first-order valence-electron chi connectivity index (χ1n) is 14.4. The Morgan fingerprint density at radius 3 is 2.50 bits per heavy atom. The number of nitrogens with zero attached hydrogens (tertiary/aromatic N) is 5. The topological polar surface area (TPSA) is 67.1 Å². The van der Waals surface area contributed by atoms with Gasteiger partial charge in [0.15, 0.2) is 0 Å². The maximum absolute atomic E-state index is 5.99. The molecule has 3 heterocycles. The molecule has 6 rings (SSSR count). The van der Waals surface area contributed by atoms with Gasteiger partial charge >= 0.3 is 0 Å². The summed E-state index contributed by atoms with van der Waals surface area (Å²) in [4.78, 5) is 24.0. The summed E-state index contributed by atoms with van der Waals surface area (Å²) in [6.45, 7) is 8.31. The van der Waals surface area contributed by atoms with Crippen molar-refractivity contribution in [2.45, 2.75) is 26.2 Å². The molecule has 2 aromatic heterocycles. The number of anilines is 2. The molecule has 7 nitrogen and oxygen atoms in total. The number of rotatable bonds is 10. The normalized spacial score (nSPS) is 14.4. The summed E-state index contributed by atoms with van der Waals surface area (Å²) >= 11 is 5.99. The molecule has 0 atom stereocenters. The highest BCUT2D eigenvalue weighted by Crippen LogP contribution is 2.27. The van der Waals surface area contributed by atoms with E-state index in [4.69, 9.17) is 21.6 Å². The lowest BCUT2D eigenvalue weighted by Crippen LogP contribution is -2.44. The molecule has 1 aliphatic heterocycles. The number of aromatic amines is 2. The predicted molar refractivity (Wildman–Crippen MR) is 168 cm³/mol. The summed E-state index contributed by atoms with van der Waals surface area (Å²) in [5, 5.41) is 0. The molecule has 1 saturated heterocycles. The van der Waals surface area contributed by atoms with Gasteiger partial charge in [-0.25, -0.2) is 9.97 Å². The van der Waals surface area contributed by atoms with Crippen molar-refractivity contribution in [1.82, 2.24) is 24.8 Å². The van der Waals surface area contributed by atoms with Crippen LogP contribution in [0.4, 0.5) is 11.4 Å². The Morgan fingerprint density at radius 2 is 1.68 bits per heavy atom. The van der Waals surface area contributed by atoms with Crippen LogP contribution in [0.5, 0.6) is 0 Å². The molecule has 208 valence electrons. The Hall–Kier alpha value is -3.55. The van der Waals surface area contributed by atoms with E-state index in [2.05, 4.69) is 99.3 Å². The molecule has 40 heavy (non-hydrogen) atoms. The Labute approximate surface area is 241 Å². The number of fused-ring (bicyclic) bond motifs is 2. The minimum atomic E-state index is 0.639. The molecule has 5 aromatic rings. The first-order chi connectivity index (χ1) is 19.6. The van der Waals surface area contributed by atoms with E-state index in [1.807, 2.05) is 0 Å². The number of aryl methyl sites for hydroxylation is 2. The molecule has 0 amide bonds. The van der Waals surface area contributed by atoms with E-state index in [-0.39, 0.29) is 0 Å². The van der Waals surface area contributed by atoms with Crippen LogP contribution >= 0.6 is 11.6 Å². The molecule has 2 N–H and O–H groups in total. The van der Waals surface area contributed by atoms with Gasteiger partial charge in [0.1, 0.15) is 11.6 Å². The Balaban J connectivity index is 1.13. The average molecular weight is 556 g/mol. The van der Waals surface area contributed by atoms with Gasteiger partial charge in [-0.15, -0.1) is 11.6 Å². The van der Waals surface area contributed by atoms with Crippen LogP contribution < -0.4 is 9.80 Å². The quantitative estimate of drug-likeness (QED) is 0.204. The van der Waals surface area contributed by atoms with Crippen LogP contribution in [0.3, 0.4) is 0 Å². The number of piperazine rings is 1. The number of likely N-dealkylation sites (N-methyl/N-ethyl adjacent to an activating group) is 1. The smallest absolute Gasteiger partial charge is 0.138 e. The predicted octanol–water partition coefficient (Wildman–Crippen LogP) is 6.10. The number of hydrogen-bond acceptors (Lipinski definition) is 5. The van der Waals surface area contributed by atoms with Crippen LogP contribution in [0.1, 0.15) is 24.7 Å². The van der Waals surface area contributed by atoms with Crippen molar-refractivity contribution >= 4 is 45.0 Å². The third kappa shape index (κ3) is 5.81. The number of aromatic nitrogens is 4. The highest BCUT2D eigenvalue weighted by Gasteiger charge is 2.16. The van der Waals surface area contributed by atoms with Crippen LogP contribution in [-0.4, -0.2) is 77.0 Å². The number of benzene rings is 3. The molecule has 0 bridgehead atoms. The molecular formula is C32H38ClN7. The van der Waals surface area contributed by atoms with Crippen molar-refractivity contribution in [3.63, 3.8) is 0 Å². The Kier molecular flexibility index (Phi) is 7.93. The van der Waals surface area contributed by atoms with E-state index < -0.39 is 0 Å². The molecule has 0 spiro atoms. The second-order valence-electron chi connectivity index (χ2n) is 10.8. The Morgan fingerprint density at radius 1 is 0.875 bits per heavy atom. The minimum Gasteiger partial charge on any atom is -0.371 e. The fourth-order valence-corrected chi connectivity index (χ4v) is 5.87. The van der Waals surface area contributed by atoms with Gasteiger partial charge in [-0.2, -0.15) is 0 Å². The van der Waals surface area contributed by atoms with E-state index in [0.717, 1.165) is 97.8 Å². The van der Waals surface area contributed by atoms with E-state index in [0.29, 0.717) is 5.88 Å². The molecule has 1 fully saturated rings. The largest absolute Gasteiger partial charge is 0.371 e. The van der Waals surface area contributed by atoms with Crippen LogP contribution in [0, 0.1) is 0 Å². The van der Waals surface area contributed by atoms with E-state index >= 15 is 0 Å².